The molecular weight excluding hydrogens is 310 g/mol. The van der Waals surface area contributed by atoms with Crippen LogP contribution in [-0.2, 0) is 6.42 Å². The van der Waals surface area contributed by atoms with Gasteiger partial charge >= 0.3 is 0 Å². The van der Waals surface area contributed by atoms with E-state index < -0.39 is 0 Å². The summed E-state index contributed by atoms with van der Waals surface area (Å²) in [6.45, 7) is 4.27. The number of nitrogens with one attached hydrogen (secondary N) is 1. The van der Waals surface area contributed by atoms with Crippen molar-refractivity contribution < 1.29 is 4.74 Å². The zero-order valence-electron chi connectivity index (χ0n) is 15.1. The molecule has 1 fully saturated rings. The molecule has 1 aliphatic heterocycles. The molecule has 132 valence electrons. The number of benzene rings is 2. The lowest BCUT2D eigenvalue weighted by atomic mass is 10.1. The number of ether oxygens (including phenoxy) is 1. The number of rotatable bonds is 4. The standard InChI is InChI=1S/C21H27N3O/c1-22-21-17-8-4-3-7-16(17)15-19(21)24-13-11-23(12-14-24)18-9-5-6-10-20(18)25-2/h3-10,19,21-22H,11-15H2,1-2H3. The molecule has 4 rings (SSSR count). The van der Waals surface area contributed by atoms with E-state index in [2.05, 4.69) is 58.6 Å². The minimum absolute atomic E-state index is 0.439. The van der Waals surface area contributed by atoms with Crippen LogP contribution in [0.15, 0.2) is 48.5 Å². The predicted octanol–water partition coefficient (Wildman–Crippen LogP) is 2.70. The molecular formula is C21H27N3O. The maximum Gasteiger partial charge on any atom is 0.142 e. The van der Waals surface area contributed by atoms with Crippen molar-refractivity contribution in [3.63, 3.8) is 0 Å². The SMILES string of the molecule is CNC1c2ccccc2CC1N1CCN(c2ccccc2OC)CC1. The summed E-state index contributed by atoms with van der Waals surface area (Å²) < 4.78 is 5.54. The van der Waals surface area contributed by atoms with Gasteiger partial charge in [-0.2, -0.15) is 0 Å². The Morgan fingerprint density at radius 2 is 1.68 bits per heavy atom. The molecule has 1 aliphatic carbocycles. The van der Waals surface area contributed by atoms with Crippen molar-refractivity contribution in [3.8, 4) is 5.75 Å². The van der Waals surface area contributed by atoms with E-state index in [1.807, 2.05) is 12.1 Å². The highest BCUT2D eigenvalue weighted by atomic mass is 16.5. The van der Waals surface area contributed by atoms with Crippen molar-refractivity contribution in [2.24, 2.45) is 0 Å². The molecule has 4 heteroatoms. The summed E-state index contributed by atoms with van der Waals surface area (Å²) >= 11 is 0. The number of likely N-dealkylation sites (N-methyl/N-ethyl adjacent to an activating group) is 1. The lowest BCUT2D eigenvalue weighted by Gasteiger charge is -2.41. The van der Waals surface area contributed by atoms with Crippen LogP contribution in [0.4, 0.5) is 5.69 Å². The molecule has 0 bridgehead atoms. The zero-order valence-corrected chi connectivity index (χ0v) is 15.1. The van der Waals surface area contributed by atoms with Gasteiger partial charge in [-0.05, 0) is 36.7 Å². The fourth-order valence-electron chi connectivity index (χ4n) is 4.45. The summed E-state index contributed by atoms with van der Waals surface area (Å²) in [5.41, 5.74) is 4.19. The summed E-state index contributed by atoms with van der Waals surface area (Å²) in [4.78, 5) is 5.11. The smallest absolute Gasteiger partial charge is 0.142 e. The molecule has 0 spiro atoms. The monoisotopic (exact) mass is 337 g/mol. The Bertz CT molecular complexity index is 725. The molecule has 0 radical (unpaired) electrons. The van der Waals surface area contributed by atoms with E-state index in [9.17, 15) is 0 Å². The maximum atomic E-state index is 5.54. The van der Waals surface area contributed by atoms with Crippen molar-refractivity contribution in [1.82, 2.24) is 10.2 Å². The van der Waals surface area contributed by atoms with Gasteiger partial charge in [0.1, 0.15) is 5.75 Å². The minimum atomic E-state index is 0.439. The Morgan fingerprint density at radius 1 is 0.960 bits per heavy atom. The molecule has 1 N–H and O–H groups in total. The number of fused-ring (bicyclic) bond motifs is 1. The van der Waals surface area contributed by atoms with E-state index in [-0.39, 0.29) is 0 Å². The Kier molecular flexibility index (Phi) is 4.64. The number of piperazine rings is 1. The largest absolute Gasteiger partial charge is 0.495 e. The maximum absolute atomic E-state index is 5.54. The molecule has 0 saturated carbocycles. The molecule has 2 aromatic carbocycles. The molecule has 2 unspecified atom stereocenters. The molecule has 1 heterocycles. The van der Waals surface area contributed by atoms with Crippen LogP contribution in [0.1, 0.15) is 17.2 Å². The molecule has 1 saturated heterocycles. The Morgan fingerprint density at radius 3 is 2.44 bits per heavy atom. The first-order valence-electron chi connectivity index (χ1n) is 9.19. The van der Waals surface area contributed by atoms with Crippen LogP contribution in [0, 0.1) is 0 Å². The third kappa shape index (κ3) is 3.00. The lowest BCUT2D eigenvalue weighted by molar-refractivity contribution is 0.160. The summed E-state index contributed by atoms with van der Waals surface area (Å²) in [5, 5.41) is 3.55. The first-order chi connectivity index (χ1) is 12.3. The second-order valence-electron chi connectivity index (χ2n) is 6.93. The van der Waals surface area contributed by atoms with E-state index in [1.54, 1.807) is 7.11 Å². The van der Waals surface area contributed by atoms with Crippen LogP contribution in [0.2, 0.25) is 0 Å². The average Bonchev–Trinajstić information content (AvgIpc) is 3.06. The molecule has 25 heavy (non-hydrogen) atoms. The molecule has 2 aromatic rings. The summed E-state index contributed by atoms with van der Waals surface area (Å²) in [6.07, 6.45) is 1.15. The van der Waals surface area contributed by atoms with E-state index in [4.69, 9.17) is 4.74 Å². The van der Waals surface area contributed by atoms with Crippen molar-refractivity contribution in [2.75, 3.05) is 45.2 Å². The van der Waals surface area contributed by atoms with Crippen LogP contribution >= 0.6 is 0 Å². The van der Waals surface area contributed by atoms with Gasteiger partial charge < -0.3 is 15.0 Å². The van der Waals surface area contributed by atoms with Crippen molar-refractivity contribution >= 4 is 5.69 Å². The van der Waals surface area contributed by atoms with Gasteiger partial charge in [-0.25, -0.2) is 0 Å². The fourth-order valence-corrected chi connectivity index (χ4v) is 4.45. The molecule has 0 amide bonds. The number of hydrogen-bond donors (Lipinski definition) is 1. The van der Waals surface area contributed by atoms with E-state index in [1.165, 1.54) is 16.8 Å². The van der Waals surface area contributed by atoms with Crippen LogP contribution in [-0.4, -0.2) is 51.3 Å². The number of para-hydroxylation sites is 2. The molecule has 2 aliphatic rings. The van der Waals surface area contributed by atoms with Gasteiger partial charge in [-0.15, -0.1) is 0 Å². The van der Waals surface area contributed by atoms with Crippen LogP contribution in [0.3, 0.4) is 0 Å². The quantitative estimate of drug-likeness (QED) is 0.928. The third-order valence-corrected chi connectivity index (χ3v) is 5.72. The number of hydrogen-bond acceptors (Lipinski definition) is 4. The van der Waals surface area contributed by atoms with Gasteiger partial charge in [-0.1, -0.05) is 36.4 Å². The van der Waals surface area contributed by atoms with Gasteiger partial charge in [0.25, 0.3) is 0 Å². The van der Waals surface area contributed by atoms with Crippen molar-refractivity contribution in [3.05, 3.63) is 59.7 Å². The van der Waals surface area contributed by atoms with Gasteiger partial charge in [0.15, 0.2) is 0 Å². The second-order valence-corrected chi connectivity index (χ2v) is 6.93. The Balaban J connectivity index is 1.46. The zero-order chi connectivity index (χ0) is 17.2. The van der Waals surface area contributed by atoms with E-state index >= 15 is 0 Å². The number of nitrogens with zero attached hydrogens (tertiary/aromatic N) is 2. The van der Waals surface area contributed by atoms with Crippen LogP contribution < -0.4 is 15.0 Å². The normalized spacial score (nSPS) is 23.5. The average molecular weight is 337 g/mol. The van der Waals surface area contributed by atoms with Gasteiger partial charge in [0.2, 0.25) is 0 Å². The van der Waals surface area contributed by atoms with Crippen LogP contribution in [0.5, 0.6) is 5.75 Å². The second kappa shape index (κ2) is 7.06. The highest BCUT2D eigenvalue weighted by Crippen LogP contribution is 2.35. The van der Waals surface area contributed by atoms with Crippen LogP contribution in [0.25, 0.3) is 0 Å². The van der Waals surface area contributed by atoms with E-state index in [0.29, 0.717) is 12.1 Å². The highest BCUT2D eigenvalue weighted by molar-refractivity contribution is 5.58. The van der Waals surface area contributed by atoms with Crippen molar-refractivity contribution in [1.29, 1.82) is 0 Å². The predicted molar refractivity (Wildman–Crippen MR) is 103 cm³/mol. The van der Waals surface area contributed by atoms with E-state index in [0.717, 1.165) is 38.3 Å². The van der Waals surface area contributed by atoms with Crippen molar-refractivity contribution in [2.45, 2.75) is 18.5 Å². The van der Waals surface area contributed by atoms with Gasteiger partial charge in [0.05, 0.1) is 12.8 Å². The number of methoxy groups -OCH3 is 1. The summed E-state index contributed by atoms with van der Waals surface area (Å²) in [7, 11) is 3.84. The number of anilines is 1. The molecule has 4 nitrogen and oxygen atoms in total. The summed E-state index contributed by atoms with van der Waals surface area (Å²) in [6, 6.07) is 18.2. The first kappa shape index (κ1) is 16.4. The van der Waals surface area contributed by atoms with Gasteiger partial charge in [0, 0.05) is 38.3 Å². The molecule has 0 aromatic heterocycles. The third-order valence-electron chi connectivity index (χ3n) is 5.72. The summed E-state index contributed by atoms with van der Waals surface area (Å²) in [5.74, 6) is 0.970. The minimum Gasteiger partial charge on any atom is -0.495 e. The highest BCUT2D eigenvalue weighted by Gasteiger charge is 2.36. The fraction of sp³-hybridized carbons (Fsp3) is 0.429. The lowest BCUT2D eigenvalue weighted by Crippen LogP contribution is -2.53. The van der Waals surface area contributed by atoms with Gasteiger partial charge in [-0.3, -0.25) is 4.90 Å². The molecule has 2 atom stereocenters. The Labute approximate surface area is 150 Å². The topological polar surface area (TPSA) is 27.7 Å². The first-order valence-corrected chi connectivity index (χ1v) is 9.19. The Hall–Kier alpha value is -2.04.